The number of para-hydroxylation sites is 2. The highest BCUT2D eigenvalue weighted by Crippen LogP contribution is 2.25. The third-order valence-corrected chi connectivity index (χ3v) is 3.27. The number of rotatable bonds is 11. The Bertz CT molecular complexity index is 589. The second kappa shape index (κ2) is 10.5. The van der Waals surface area contributed by atoms with E-state index in [0.717, 1.165) is 31.0 Å². The molecule has 0 fully saturated rings. The summed E-state index contributed by atoms with van der Waals surface area (Å²) in [6.45, 7) is 5.31. The summed E-state index contributed by atoms with van der Waals surface area (Å²) in [6.07, 6.45) is 0.868. The van der Waals surface area contributed by atoms with Crippen LogP contribution in [-0.2, 0) is 0 Å². The fraction of sp³-hybridized carbons (Fsp3) is 0.368. The lowest BCUT2D eigenvalue weighted by Crippen LogP contribution is -2.23. The van der Waals surface area contributed by atoms with Crippen molar-refractivity contribution in [3.63, 3.8) is 0 Å². The summed E-state index contributed by atoms with van der Waals surface area (Å²) in [5.74, 6) is 1.97. The van der Waals surface area contributed by atoms with Crippen LogP contribution < -0.4 is 19.5 Å². The van der Waals surface area contributed by atoms with Gasteiger partial charge in [-0.15, -0.1) is 0 Å². The van der Waals surface area contributed by atoms with Gasteiger partial charge in [-0.25, -0.2) is 4.39 Å². The van der Waals surface area contributed by atoms with Crippen LogP contribution >= 0.6 is 0 Å². The summed E-state index contributed by atoms with van der Waals surface area (Å²) in [7, 11) is 0. The van der Waals surface area contributed by atoms with Gasteiger partial charge in [0.25, 0.3) is 0 Å². The molecule has 0 aliphatic rings. The zero-order chi connectivity index (χ0) is 17.0. The first-order valence-corrected chi connectivity index (χ1v) is 8.23. The Hall–Kier alpha value is -2.27. The molecule has 2 rings (SSSR count). The van der Waals surface area contributed by atoms with Gasteiger partial charge < -0.3 is 19.5 Å². The Morgan fingerprint density at radius 1 is 0.833 bits per heavy atom. The van der Waals surface area contributed by atoms with E-state index in [2.05, 4.69) is 5.32 Å². The van der Waals surface area contributed by atoms with Gasteiger partial charge in [-0.05, 0) is 56.3 Å². The van der Waals surface area contributed by atoms with Crippen molar-refractivity contribution in [2.75, 3.05) is 32.9 Å². The molecule has 1 N–H and O–H groups in total. The van der Waals surface area contributed by atoms with Gasteiger partial charge >= 0.3 is 0 Å². The van der Waals surface area contributed by atoms with Crippen LogP contribution in [0, 0.1) is 5.82 Å². The molecule has 0 atom stereocenters. The molecule has 0 unspecified atom stereocenters. The first kappa shape index (κ1) is 18.1. The molecule has 2 aromatic rings. The van der Waals surface area contributed by atoms with E-state index in [1.807, 2.05) is 31.2 Å². The van der Waals surface area contributed by atoms with Crippen LogP contribution in [0.3, 0.4) is 0 Å². The van der Waals surface area contributed by atoms with E-state index in [9.17, 15) is 4.39 Å². The molecule has 0 spiro atoms. The van der Waals surface area contributed by atoms with Crippen LogP contribution in [0.25, 0.3) is 0 Å². The van der Waals surface area contributed by atoms with Gasteiger partial charge in [0.15, 0.2) is 11.5 Å². The number of ether oxygens (including phenoxy) is 3. The predicted molar refractivity (Wildman–Crippen MR) is 92.5 cm³/mol. The molecule has 5 heteroatoms. The molecule has 0 saturated heterocycles. The van der Waals surface area contributed by atoms with E-state index in [-0.39, 0.29) is 5.82 Å². The van der Waals surface area contributed by atoms with E-state index in [1.165, 1.54) is 12.1 Å². The van der Waals surface area contributed by atoms with Gasteiger partial charge in [0, 0.05) is 6.54 Å². The van der Waals surface area contributed by atoms with Crippen molar-refractivity contribution in [3.8, 4) is 17.2 Å². The zero-order valence-corrected chi connectivity index (χ0v) is 14.0. The van der Waals surface area contributed by atoms with Gasteiger partial charge in [0.05, 0.1) is 13.2 Å². The average Bonchev–Trinajstić information content (AvgIpc) is 2.60. The Balaban J connectivity index is 1.53. The summed E-state index contributed by atoms with van der Waals surface area (Å²) in [6, 6.07) is 13.7. The highest BCUT2D eigenvalue weighted by atomic mass is 19.1. The maximum Gasteiger partial charge on any atom is 0.161 e. The van der Waals surface area contributed by atoms with Crippen LogP contribution in [0.4, 0.5) is 4.39 Å². The minimum absolute atomic E-state index is 0.255. The van der Waals surface area contributed by atoms with Crippen LogP contribution in [-0.4, -0.2) is 32.9 Å². The molecule has 0 heterocycles. The van der Waals surface area contributed by atoms with Crippen LogP contribution in [0.2, 0.25) is 0 Å². The Kier molecular flexibility index (Phi) is 7.90. The number of benzene rings is 2. The minimum atomic E-state index is -0.255. The van der Waals surface area contributed by atoms with Crippen molar-refractivity contribution < 1.29 is 18.6 Å². The molecule has 24 heavy (non-hydrogen) atoms. The van der Waals surface area contributed by atoms with E-state index in [1.54, 1.807) is 12.1 Å². The number of hydrogen-bond donors (Lipinski definition) is 1. The van der Waals surface area contributed by atoms with Crippen molar-refractivity contribution in [2.45, 2.75) is 13.3 Å². The quantitative estimate of drug-likeness (QED) is 0.637. The second-order valence-corrected chi connectivity index (χ2v) is 5.13. The average molecular weight is 333 g/mol. The van der Waals surface area contributed by atoms with Gasteiger partial charge in [-0.2, -0.15) is 0 Å². The van der Waals surface area contributed by atoms with E-state index < -0.39 is 0 Å². The molecule has 130 valence electrons. The maximum absolute atomic E-state index is 12.8. The predicted octanol–water partition coefficient (Wildman–Crippen LogP) is 3.66. The molecule has 2 aromatic carbocycles. The van der Waals surface area contributed by atoms with Crippen molar-refractivity contribution in [1.82, 2.24) is 5.32 Å². The van der Waals surface area contributed by atoms with Crippen molar-refractivity contribution in [3.05, 3.63) is 54.3 Å². The largest absolute Gasteiger partial charge is 0.494 e. The lowest BCUT2D eigenvalue weighted by molar-refractivity contribution is 0.272. The number of halogens is 1. The highest BCUT2D eigenvalue weighted by Gasteiger charge is 2.02. The van der Waals surface area contributed by atoms with Crippen LogP contribution in [0.1, 0.15) is 13.3 Å². The number of hydrogen-bond acceptors (Lipinski definition) is 4. The van der Waals surface area contributed by atoms with E-state index >= 15 is 0 Å². The van der Waals surface area contributed by atoms with Gasteiger partial charge in [-0.1, -0.05) is 12.1 Å². The maximum atomic E-state index is 12.8. The van der Waals surface area contributed by atoms with Gasteiger partial charge in [0.1, 0.15) is 18.2 Å². The van der Waals surface area contributed by atoms with Crippen LogP contribution in [0.15, 0.2) is 48.5 Å². The lowest BCUT2D eigenvalue weighted by atomic mass is 10.3. The summed E-state index contributed by atoms with van der Waals surface area (Å²) >= 11 is 0. The Morgan fingerprint density at radius 2 is 1.54 bits per heavy atom. The fourth-order valence-electron chi connectivity index (χ4n) is 2.12. The van der Waals surface area contributed by atoms with Crippen molar-refractivity contribution in [2.24, 2.45) is 0 Å². The molecule has 0 aliphatic carbocycles. The SMILES string of the molecule is CCOc1ccccc1OCCNCCCOc1ccc(F)cc1. The molecule has 0 aromatic heterocycles. The first-order valence-electron chi connectivity index (χ1n) is 8.23. The van der Waals surface area contributed by atoms with Crippen molar-refractivity contribution >= 4 is 0 Å². The first-order chi connectivity index (χ1) is 11.8. The molecular weight excluding hydrogens is 309 g/mol. The molecule has 0 radical (unpaired) electrons. The normalized spacial score (nSPS) is 10.4. The minimum Gasteiger partial charge on any atom is -0.494 e. The topological polar surface area (TPSA) is 39.7 Å². The van der Waals surface area contributed by atoms with Gasteiger partial charge in [-0.3, -0.25) is 0 Å². The van der Waals surface area contributed by atoms with E-state index in [4.69, 9.17) is 14.2 Å². The third-order valence-electron chi connectivity index (χ3n) is 3.27. The van der Waals surface area contributed by atoms with Gasteiger partial charge in [0.2, 0.25) is 0 Å². The summed E-state index contributed by atoms with van der Waals surface area (Å²) in [5, 5.41) is 3.30. The number of nitrogens with one attached hydrogen (secondary N) is 1. The zero-order valence-electron chi connectivity index (χ0n) is 14.0. The summed E-state index contributed by atoms with van der Waals surface area (Å²) < 4.78 is 29.5. The highest BCUT2D eigenvalue weighted by molar-refractivity contribution is 5.39. The Labute approximate surface area is 142 Å². The van der Waals surface area contributed by atoms with Crippen molar-refractivity contribution in [1.29, 1.82) is 0 Å². The molecule has 0 saturated carbocycles. The smallest absolute Gasteiger partial charge is 0.161 e. The lowest BCUT2D eigenvalue weighted by Gasteiger charge is -2.12. The molecule has 0 bridgehead atoms. The standard InChI is InChI=1S/C19H24FNO3/c1-2-22-18-6-3-4-7-19(18)24-15-13-21-12-5-14-23-17-10-8-16(20)9-11-17/h3-4,6-11,21H,2,5,12-15H2,1H3. The molecular formula is C19H24FNO3. The molecule has 4 nitrogen and oxygen atoms in total. The Morgan fingerprint density at radius 3 is 2.25 bits per heavy atom. The second-order valence-electron chi connectivity index (χ2n) is 5.13. The summed E-state index contributed by atoms with van der Waals surface area (Å²) in [5.41, 5.74) is 0. The molecule has 0 amide bonds. The monoisotopic (exact) mass is 333 g/mol. The summed E-state index contributed by atoms with van der Waals surface area (Å²) in [4.78, 5) is 0. The molecule has 0 aliphatic heterocycles. The fourth-order valence-corrected chi connectivity index (χ4v) is 2.12. The van der Waals surface area contributed by atoms with Crippen LogP contribution in [0.5, 0.6) is 17.2 Å². The van der Waals surface area contributed by atoms with E-state index in [0.29, 0.717) is 25.6 Å². The third kappa shape index (κ3) is 6.46.